The summed E-state index contributed by atoms with van der Waals surface area (Å²) >= 11 is 0. The second kappa shape index (κ2) is 10.9. The van der Waals surface area contributed by atoms with Crippen LogP contribution in [-0.4, -0.2) is 25.8 Å². The number of benzene rings is 4. The van der Waals surface area contributed by atoms with Crippen LogP contribution >= 0.6 is 0 Å². The lowest BCUT2D eigenvalue weighted by molar-refractivity contribution is 0.122. The van der Waals surface area contributed by atoms with Crippen LogP contribution in [0, 0.1) is 0 Å². The zero-order chi connectivity index (χ0) is 24.8. The second-order valence-corrected chi connectivity index (χ2v) is 11.0. The van der Waals surface area contributed by atoms with Crippen molar-refractivity contribution >= 4 is 43.0 Å². The average molecular weight is 497 g/mol. The SMILES string of the molecule is O=S(=O)(CCCOCc1ccccc1)Cc1ccc(Nc2c3ccccc3nc3ccccc23)cc1. The third-order valence-electron chi connectivity index (χ3n) is 6.05. The van der Waals surface area contributed by atoms with E-state index in [1.165, 1.54) is 0 Å². The molecule has 1 N–H and O–H groups in total. The first-order valence-corrected chi connectivity index (χ1v) is 13.9. The molecule has 0 atom stereocenters. The van der Waals surface area contributed by atoms with Crippen molar-refractivity contribution in [1.29, 1.82) is 0 Å². The molecule has 0 aliphatic rings. The average Bonchev–Trinajstić information content (AvgIpc) is 2.90. The number of anilines is 2. The van der Waals surface area contributed by atoms with Crippen LogP contribution in [0.15, 0.2) is 103 Å². The van der Waals surface area contributed by atoms with Crippen molar-refractivity contribution in [2.24, 2.45) is 0 Å². The first-order chi connectivity index (χ1) is 17.6. The summed E-state index contributed by atoms with van der Waals surface area (Å²) in [6, 6.07) is 33.6. The van der Waals surface area contributed by atoms with Gasteiger partial charge in [-0.2, -0.15) is 0 Å². The Morgan fingerprint density at radius 1 is 0.694 bits per heavy atom. The number of nitrogens with zero attached hydrogens (tertiary/aromatic N) is 1. The van der Waals surface area contributed by atoms with Crippen LogP contribution in [0.1, 0.15) is 17.5 Å². The molecule has 0 spiro atoms. The van der Waals surface area contributed by atoms with E-state index in [4.69, 9.17) is 9.72 Å². The Labute approximate surface area is 211 Å². The summed E-state index contributed by atoms with van der Waals surface area (Å²) < 4.78 is 30.9. The summed E-state index contributed by atoms with van der Waals surface area (Å²) in [7, 11) is -3.22. The largest absolute Gasteiger partial charge is 0.377 e. The van der Waals surface area contributed by atoms with Gasteiger partial charge < -0.3 is 10.1 Å². The monoisotopic (exact) mass is 496 g/mol. The van der Waals surface area contributed by atoms with E-state index in [1.54, 1.807) is 0 Å². The highest BCUT2D eigenvalue weighted by molar-refractivity contribution is 7.90. The van der Waals surface area contributed by atoms with Gasteiger partial charge in [0.05, 0.1) is 34.8 Å². The van der Waals surface area contributed by atoms with Crippen LogP contribution in [0.5, 0.6) is 0 Å². The molecule has 5 aromatic rings. The van der Waals surface area contributed by atoms with Crippen LogP contribution in [0.2, 0.25) is 0 Å². The minimum Gasteiger partial charge on any atom is -0.377 e. The number of pyridine rings is 1. The fourth-order valence-corrected chi connectivity index (χ4v) is 5.68. The highest BCUT2D eigenvalue weighted by Gasteiger charge is 2.13. The van der Waals surface area contributed by atoms with Gasteiger partial charge in [0.15, 0.2) is 9.84 Å². The minimum absolute atomic E-state index is 0.0209. The zero-order valence-corrected chi connectivity index (χ0v) is 20.7. The number of fused-ring (bicyclic) bond motifs is 2. The molecule has 0 saturated heterocycles. The van der Waals surface area contributed by atoms with Crippen molar-refractivity contribution in [3.63, 3.8) is 0 Å². The second-order valence-electron chi connectivity index (χ2n) is 8.83. The van der Waals surface area contributed by atoms with E-state index in [0.717, 1.165) is 44.3 Å². The highest BCUT2D eigenvalue weighted by atomic mass is 32.2. The van der Waals surface area contributed by atoms with Gasteiger partial charge in [0.1, 0.15) is 0 Å². The molecule has 0 radical (unpaired) electrons. The van der Waals surface area contributed by atoms with Crippen LogP contribution < -0.4 is 5.32 Å². The lowest BCUT2D eigenvalue weighted by atomic mass is 10.1. The number of hydrogen-bond acceptors (Lipinski definition) is 5. The van der Waals surface area contributed by atoms with Crippen LogP contribution in [0.25, 0.3) is 21.8 Å². The minimum atomic E-state index is -3.22. The Morgan fingerprint density at radius 2 is 1.31 bits per heavy atom. The first-order valence-electron chi connectivity index (χ1n) is 12.0. The molecule has 5 rings (SSSR count). The molecule has 1 heterocycles. The van der Waals surface area contributed by atoms with Gasteiger partial charge in [0, 0.05) is 23.1 Å². The molecular weight excluding hydrogens is 468 g/mol. The number of sulfone groups is 1. The van der Waals surface area contributed by atoms with Crippen molar-refractivity contribution in [3.05, 3.63) is 114 Å². The van der Waals surface area contributed by atoms with Gasteiger partial charge in [-0.1, -0.05) is 78.9 Å². The lowest BCUT2D eigenvalue weighted by Gasteiger charge is -2.14. The maximum Gasteiger partial charge on any atom is 0.154 e. The normalized spacial score (nSPS) is 11.7. The maximum atomic E-state index is 12.6. The molecule has 4 aromatic carbocycles. The quantitative estimate of drug-likeness (QED) is 0.173. The molecule has 0 bridgehead atoms. The smallest absolute Gasteiger partial charge is 0.154 e. The first kappa shape index (κ1) is 24.0. The highest BCUT2D eigenvalue weighted by Crippen LogP contribution is 2.33. The Hall–Kier alpha value is -3.74. The molecule has 0 amide bonds. The van der Waals surface area contributed by atoms with Crippen molar-refractivity contribution in [2.45, 2.75) is 18.8 Å². The molecule has 0 aliphatic heterocycles. The number of ether oxygens (including phenoxy) is 1. The van der Waals surface area contributed by atoms with E-state index in [2.05, 4.69) is 17.4 Å². The summed E-state index contributed by atoms with van der Waals surface area (Å²) in [5.74, 6) is 0.129. The number of nitrogens with one attached hydrogen (secondary N) is 1. The fraction of sp³-hybridized carbons (Fsp3) is 0.167. The van der Waals surface area contributed by atoms with Gasteiger partial charge in [0.25, 0.3) is 0 Å². The maximum absolute atomic E-state index is 12.6. The van der Waals surface area contributed by atoms with Gasteiger partial charge in [-0.25, -0.2) is 13.4 Å². The molecule has 0 aliphatic carbocycles. The van der Waals surface area contributed by atoms with Crippen molar-refractivity contribution in [3.8, 4) is 0 Å². The Bertz CT molecular complexity index is 1510. The van der Waals surface area contributed by atoms with E-state index in [0.29, 0.717) is 19.6 Å². The molecule has 6 heteroatoms. The predicted molar refractivity (Wildman–Crippen MR) is 147 cm³/mol. The molecule has 5 nitrogen and oxygen atoms in total. The van der Waals surface area contributed by atoms with Gasteiger partial charge in [-0.15, -0.1) is 0 Å². The third-order valence-corrected chi connectivity index (χ3v) is 7.74. The van der Waals surface area contributed by atoms with E-state index >= 15 is 0 Å². The zero-order valence-electron chi connectivity index (χ0n) is 19.9. The standard InChI is InChI=1S/C30H28N2O3S/c33-36(34,20-8-19-35-21-23-9-2-1-3-10-23)22-24-15-17-25(18-16-24)31-30-26-11-4-6-13-28(26)32-29-14-7-5-12-27(29)30/h1-7,9-18H,8,19-22H2,(H,31,32). The Balaban J connectivity index is 1.21. The molecule has 36 heavy (non-hydrogen) atoms. The molecule has 0 unspecified atom stereocenters. The van der Waals surface area contributed by atoms with Crippen molar-refractivity contribution in [2.75, 3.05) is 17.7 Å². The summed E-state index contributed by atoms with van der Waals surface area (Å²) in [6.07, 6.45) is 0.483. The predicted octanol–water partition coefficient (Wildman–Crippen LogP) is 6.65. The summed E-state index contributed by atoms with van der Waals surface area (Å²) in [5.41, 5.74) is 5.60. The van der Waals surface area contributed by atoms with Crippen molar-refractivity contribution in [1.82, 2.24) is 4.98 Å². The molecule has 0 fully saturated rings. The van der Waals surface area contributed by atoms with Gasteiger partial charge in [-0.05, 0) is 41.8 Å². The molecule has 0 saturated carbocycles. The third kappa shape index (κ3) is 5.90. The van der Waals surface area contributed by atoms with E-state index in [1.807, 2.05) is 91.0 Å². The topological polar surface area (TPSA) is 68.3 Å². The summed E-state index contributed by atoms with van der Waals surface area (Å²) in [4.78, 5) is 4.77. The van der Waals surface area contributed by atoms with Crippen molar-refractivity contribution < 1.29 is 13.2 Å². The fourth-order valence-electron chi connectivity index (χ4n) is 4.27. The van der Waals surface area contributed by atoms with E-state index in [9.17, 15) is 8.42 Å². The van der Waals surface area contributed by atoms with Gasteiger partial charge >= 0.3 is 0 Å². The number of hydrogen-bond donors (Lipinski definition) is 1. The summed E-state index contributed by atoms with van der Waals surface area (Å²) in [6.45, 7) is 0.919. The number of para-hydroxylation sites is 2. The molecule has 1 aromatic heterocycles. The number of rotatable bonds is 10. The van der Waals surface area contributed by atoms with Gasteiger partial charge in [-0.3, -0.25) is 0 Å². The number of aromatic nitrogens is 1. The van der Waals surface area contributed by atoms with Crippen LogP contribution in [0.4, 0.5) is 11.4 Å². The summed E-state index contributed by atoms with van der Waals surface area (Å²) in [5, 5.41) is 5.61. The van der Waals surface area contributed by atoms with Gasteiger partial charge in [0.2, 0.25) is 0 Å². The van der Waals surface area contributed by atoms with Crippen LogP contribution in [0.3, 0.4) is 0 Å². The molecule has 182 valence electrons. The Morgan fingerprint density at radius 3 is 1.97 bits per heavy atom. The van der Waals surface area contributed by atoms with E-state index in [-0.39, 0.29) is 11.5 Å². The Kier molecular flexibility index (Phi) is 7.26. The van der Waals surface area contributed by atoms with E-state index < -0.39 is 9.84 Å². The lowest BCUT2D eigenvalue weighted by Crippen LogP contribution is -2.11. The molecular formula is C30H28N2O3S. The van der Waals surface area contributed by atoms with Crippen LogP contribution in [-0.2, 0) is 26.9 Å².